The number of benzene rings is 1. The van der Waals surface area contributed by atoms with Crippen LogP contribution in [-0.4, -0.2) is 53.3 Å². The van der Waals surface area contributed by atoms with Crippen LogP contribution in [0, 0.1) is 6.92 Å². The van der Waals surface area contributed by atoms with Gasteiger partial charge >= 0.3 is 0 Å². The maximum absolute atomic E-state index is 9.21. The highest BCUT2D eigenvalue weighted by atomic mass is 16.3. The van der Waals surface area contributed by atoms with Gasteiger partial charge in [0, 0.05) is 19.6 Å². The normalized spacial score (nSPS) is 11.4. The van der Waals surface area contributed by atoms with E-state index in [0.717, 1.165) is 30.1 Å². The molecule has 0 aliphatic carbocycles. The number of likely N-dealkylation sites (N-methyl/N-ethyl adjacent to an activating group) is 1. The smallest absolute Gasteiger partial charge is 0.204 e. The second kappa shape index (κ2) is 6.04. The number of nitrogens with one attached hydrogen (secondary N) is 1. The van der Waals surface area contributed by atoms with Gasteiger partial charge in [-0.25, -0.2) is 4.98 Å². The SMILES string of the molecule is Cc1ccc2c(c1)nc(NCCN(C)C)n2CCO. The fourth-order valence-electron chi connectivity index (χ4n) is 2.09. The van der Waals surface area contributed by atoms with E-state index in [9.17, 15) is 5.11 Å². The van der Waals surface area contributed by atoms with E-state index in [4.69, 9.17) is 0 Å². The molecule has 0 fully saturated rings. The lowest BCUT2D eigenvalue weighted by molar-refractivity contribution is 0.278. The van der Waals surface area contributed by atoms with Gasteiger partial charge in [-0.3, -0.25) is 0 Å². The monoisotopic (exact) mass is 262 g/mol. The van der Waals surface area contributed by atoms with Crippen LogP contribution in [0.2, 0.25) is 0 Å². The fraction of sp³-hybridized carbons (Fsp3) is 0.500. The summed E-state index contributed by atoms with van der Waals surface area (Å²) >= 11 is 0. The van der Waals surface area contributed by atoms with E-state index in [1.807, 2.05) is 18.7 Å². The highest BCUT2D eigenvalue weighted by molar-refractivity contribution is 5.79. The molecule has 1 aromatic heterocycles. The van der Waals surface area contributed by atoms with Crippen LogP contribution < -0.4 is 5.32 Å². The lowest BCUT2D eigenvalue weighted by Crippen LogP contribution is -2.22. The first-order chi connectivity index (χ1) is 9.11. The van der Waals surface area contributed by atoms with Gasteiger partial charge in [-0.2, -0.15) is 0 Å². The molecule has 0 aliphatic rings. The molecule has 0 spiro atoms. The number of imidazole rings is 1. The van der Waals surface area contributed by atoms with Crippen molar-refractivity contribution >= 4 is 17.0 Å². The van der Waals surface area contributed by atoms with Crippen molar-refractivity contribution in [2.75, 3.05) is 39.1 Å². The Morgan fingerprint density at radius 2 is 2.16 bits per heavy atom. The fourth-order valence-corrected chi connectivity index (χ4v) is 2.09. The summed E-state index contributed by atoms with van der Waals surface area (Å²) in [6.45, 7) is 4.51. The van der Waals surface area contributed by atoms with Crippen LogP contribution in [0.5, 0.6) is 0 Å². The van der Waals surface area contributed by atoms with Crippen LogP contribution in [0.1, 0.15) is 5.56 Å². The quantitative estimate of drug-likeness (QED) is 0.824. The predicted octanol–water partition coefficient (Wildman–Crippen LogP) is 1.31. The summed E-state index contributed by atoms with van der Waals surface area (Å²) in [5.41, 5.74) is 3.23. The van der Waals surface area contributed by atoms with Gasteiger partial charge in [0.25, 0.3) is 0 Å². The summed E-state index contributed by atoms with van der Waals surface area (Å²) in [6.07, 6.45) is 0. The molecule has 0 amide bonds. The first kappa shape index (κ1) is 13.8. The molecule has 2 N–H and O–H groups in total. The molecular formula is C14H22N4O. The summed E-state index contributed by atoms with van der Waals surface area (Å²) in [4.78, 5) is 6.73. The summed E-state index contributed by atoms with van der Waals surface area (Å²) in [5.74, 6) is 0.830. The standard InChI is InChI=1S/C14H22N4O/c1-11-4-5-13-12(10-11)16-14(18(13)8-9-19)15-6-7-17(2)3/h4-5,10,19H,6-9H2,1-3H3,(H,15,16). The van der Waals surface area contributed by atoms with Crippen LogP contribution >= 0.6 is 0 Å². The lowest BCUT2D eigenvalue weighted by atomic mass is 10.2. The Labute approximate surface area is 113 Å². The van der Waals surface area contributed by atoms with Gasteiger partial charge in [-0.1, -0.05) is 6.07 Å². The number of aliphatic hydroxyl groups excluding tert-OH is 1. The molecule has 5 nitrogen and oxygen atoms in total. The minimum atomic E-state index is 0.113. The molecular weight excluding hydrogens is 240 g/mol. The van der Waals surface area contributed by atoms with Crippen molar-refractivity contribution in [1.29, 1.82) is 0 Å². The molecule has 5 heteroatoms. The summed E-state index contributed by atoms with van der Waals surface area (Å²) in [7, 11) is 4.09. The van der Waals surface area contributed by atoms with Crippen molar-refractivity contribution in [3.63, 3.8) is 0 Å². The Kier molecular flexibility index (Phi) is 4.39. The minimum absolute atomic E-state index is 0.113. The molecule has 0 saturated carbocycles. The van der Waals surface area contributed by atoms with Gasteiger partial charge in [-0.05, 0) is 38.7 Å². The molecule has 104 valence electrons. The molecule has 0 bridgehead atoms. The van der Waals surface area contributed by atoms with Crippen LogP contribution in [0.3, 0.4) is 0 Å². The Hall–Kier alpha value is -1.59. The van der Waals surface area contributed by atoms with Gasteiger partial charge in [0.1, 0.15) is 0 Å². The number of hydrogen-bond acceptors (Lipinski definition) is 4. The summed E-state index contributed by atoms with van der Waals surface area (Å²) in [5, 5.41) is 12.5. The number of nitrogens with zero attached hydrogens (tertiary/aromatic N) is 3. The van der Waals surface area contributed by atoms with Crippen LogP contribution in [0.15, 0.2) is 18.2 Å². The lowest BCUT2D eigenvalue weighted by Gasteiger charge is -2.12. The first-order valence-electron chi connectivity index (χ1n) is 6.58. The van der Waals surface area contributed by atoms with Crippen LogP contribution in [0.4, 0.5) is 5.95 Å². The molecule has 1 heterocycles. The third-order valence-corrected chi connectivity index (χ3v) is 3.07. The number of hydrogen-bond donors (Lipinski definition) is 2. The Morgan fingerprint density at radius 3 is 2.84 bits per heavy atom. The molecule has 0 radical (unpaired) electrons. The van der Waals surface area contributed by atoms with Crippen LogP contribution in [0.25, 0.3) is 11.0 Å². The average Bonchev–Trinajstić information content (AvgIpc) is 2.67. The first-order valence-corrected chi connectivity index (χ1v) is 6.58. The zero-order chi connectivity index (χ0) is 13.8. The van der Waals surface area contributed by atoms with Gasteiger partial charge in [0.15, 0.2) is 0 Å². The predicted molar refractivity (Wildman–Crippen MR) is 78.6 cm³/mol. The third kappa shape index (κ3) is 3.24. The average molecular weight is 262 g/mol. The van der Waals surface area contributed by atoms with Crippen molar-refractivity contribution in [3.05, 3.63) is 23.8 Å². The second-order valence-electron chi connectivity index (χ2n) is 5.03. The number of anilines is 1. The van der Waals surface area contributed by atoms with Gasteiger partial charge in [0.05, 0.1) is 17.6 Å². The van der Waals surface area contributed by atoms with Crippen molar-refractivity contribution in [3.8, 4) is 0 Å². The molecule has 1 aromatic carbocycles. The number of aryl methyl sites for hydroxylation is 1. The second-order valence-corrected chi connectivity index (χ2v) is 5.03. The van der Waals surface area contributed by atoms with E-state index in [0.29, 0.717) is 6.54 Å². The number of aliphatic hydroxyl groups is 1. The summed E-state index contributed by atoms with van der Waals surface area (Å²) < 4.78 is 2.03. The highest BCUT2D eigenvalue weighted by Gasteiger charge is 2.09. The minimum Gasteiger partial charge on any atom is -0.395 e. The summed E-state index contributed by atoms with van der Waals surface area (Å²) in [6, 6.07) is 6.20. The third-order valence-electron chi connectivity index (χ3n) is 3.07. The van der Waals surface area contributed by atoms with Gasteiger partial charge < -0.3 is 19.9 Å². The molecule has 0 saturated heterocycles. The topological polar surface area (TPSA) is 53.3 Å². The number of aromatic nitrogens is 2. The largest absolute Gasteiger partial charge is 0.395 e. The molecule has 0 unspecified atom stereocenters. The van der Waals surface area contributed by atoms with Gasteiger partial charge in [0.2, 0.25) is 5.95 Å². The van der Waals surface area contributed by atoms with E-state index < -0.39 is 0 Å². The Balaban J connectivity index is 2.27. The molecule has 0 atom stereocenters. The molecule has 2 aromatic rings. The maximum atomic E-state index is 9.21. The van der Waals surface area contributed by atoms with Gasteiger partial charge in [-0.15, -0.1) is 0 Å². The molecule has 2 rings (SSSR count). The number of rotatable bonds is 6. The van der Waals surface area contributed by atoms with E-state index in [2.05, 4.69) is 40.3 Å². The van der Waals surface area contributed by atoms with Crippen molar-refractivity contribution in [2.45, 2.75) is 13.5 Å². The van der Waals surface area contributed by atoms with E-state index in [1.54, 1.807) is 0 Å². The van der Waals surface area contributed by atoms with Crippen molar-refractivity contribution in [2.24, 2.45) is 0 Å². The molecule has 19 heavy (non-hydrogen) atoms. The zero-order valence-corrected chi connectivity index (χ0v) is 11.8. The number of fused-ring (bicyclic) bond motifs is 1. The van der Waals surface area contributed by atoms with Crippen molar-refractivity contribution in [1.82, 2.24) is 14.5 Å². The van der Waals surface area contributed by atoms with E-state index in [-0.39, 0.29) is 6.61 Å². The highest BCUT2D eigenvalue weighted by Crippen LogP contribution is 2.20. The van der Waals surface area contributed by atoms with E-state index >= 15 is 0 Å². The Morgan fingerprint density at radius 1 is 1.37 bits per heavy atom. The molecule has 0 aliphatic heterocycles. The van der Waals surface area contributed by atoms with Crippen molar-refractivity contribution < 1.29 is 5.11 Å². The maximum Gasteiger partial charge on any atom is 0.204 e. The Bertz CT molecular complexity index is 548. The van der Waals surface area contributed by atoms with E-state index in [1.165, 1.54) is 5.56 Å². The zero-order valence-electron chi connectivity index (χ0n) is 11.8. The van der Waals surface area contributed by atoms with Crippen LogP contribution in [-0.2, 0) is 6.54 Å².